The first kappa shape index (κ1) is 19.8. The zero-order valence-electron chi connectivity index (χ0n) is 15.5. The molecule has 0 atom stereocenters. The second kappa shape index (κ2) is 9.85. The molecule has 0 spiro atoms. The summed E-state index contributed by atoms with van der Waals surface area (Å²) in [6, 6.07) is 13.5. The summed E-state index contributed by atoms with van der Waals surface area (Å²) < 4.78 is 23.2. The Morgan fingerprint density at radius 2 is 1.71 bits per heavy atom. The Morgan fingerprint density at radius 3 is 2.39 bits per heavy atom. The van der Waals surface area contributed by atoms with E-state index in [1.807, 2.05) is 24.3 Å². The zero-order valence-corrected chi connectivity index (χ0v) is 15.5. The minimum absolute atomic E-state index is 0.132. The first-order chi connectivity index (χ1) is 13.6. The average molecular weight is 386 g/mol. The Hall–Kier alpha value is -2.93. The number of morpholine rings is 1. The summed E-state index contributed by atoms with van der Waals surface area (Å²) >= 11 is 0. The fraction of sp³-hybridized carbons (Fsp3) is 0.333. The molecule has 1 amide bonds. The highest BCUT2D eigenvalue weighted by Crippen LogP contribution is 2.19. The molecule has 0 aliphatic carbocycles. The number of carbonyl (C=O) groups is 2. The number of anilines is 2. The second-order valence-corrected chi connectivity index (χ2v) is 6.48. The SMILES string of the molecule is O=C(COC(=O)CCc1ccc(F)cc1)Nc1ccc(N2CCOCC2)cc1. The number of rotatable bonds is 7. The Balaban J connectivity index is 1.38. The Kier molecular flexibility index (Phi) is 6.97. The van der Waals surface area contributed by atoms with Gasteiger partial charge < -0.3 is 19.7 Å². The molecule has 1 aliphatic heterocycles. The molecule has 2 aromatic carbocycles. The number of hydrogen-bond acceptors (Lipinski definition) is 5. The van der Waals surface area contributed by atoms with E-state index in [0.29, 0.717) is 25.3 Å². The van der Waals surface area contributed by atoms with E-state index in [9.17, 15) is 14.0 Å². The van der Waals surface area contributed by atoms with Crippen LogP contribution >= 0.6 is 0 Å². The fourth-order valence-corrected chi connectivity index (χ4v) is 2.89. The van der Waals surface area contributed by atoms with Crippen LogP contribution in [-0.4, -0.2) is 44.8 Å². The molecule has 2 aromatic rings. The molecule has 7 heteroatoms. The van der Waals surface area contributed by atoms with E-state index >= 15 is 0 Å². The Labute approximate surface area is 163 Å². The highest BCUT2D eigenvalue weighted by atomic mass is 19.1. The van der Waals surface area contributed by atoms with Gasteiger partial charge in [-0.2, -0.15) is 0 Å². The standard InChI is InChI=1S/C21H23FN2O4/c22-17-4-1-16(2-5-17)3-10-21(26)28-15-20(25)23-18-6-8-19(9-7-18)24-11-13-27-14-12-24/h1-2,4-9H,3,10-15H2,(H,23,25). The Morgan fingerprint density at radius 1 is 1.04 bits per heavy atom. The molecular formula is C21H23FN2O4. The summed E-state index contributed by atoms with van der Waals surface area (Å²) in [5.41, 5.74) is 2.56. The molecular weight excluding hydrogens is 363 g/mol. The van der Waals surface area contributed by atoms with Crippen LogP contribution in [0.1, 0.15) is 12.0 Å². The van der Waals surface area contributed by atoms with Crippen LogP contribution in [0.15, 0.2) is 48.5 Å². The van der Waals surface area contributed by atoms with Crippen molar-refractivity contribution in [3.05, 3.63) is 59.9 Å². The minimum atomic E-state index is -0.470. The quantitative estimate of drug-likeness (QED) is 0.741. The summed E-state index contributed by atoms with van der Waals surface area (Å²) in [5.74, 6) is -1.18. The van der Waals surface area contributed by atoms with Gasteiger partial charge in [0.25, 0.3) is 5.91 Å². The van der Waals surface area contributed by atoms with Gasteiger partial charge >= 0.3 is 5.97 Å². The van der Waals surface area contributed by atoms with Gasteiger partial charge in [0, 0.05) is 30.9 Å². The van der Waals surface area contributed by atoms with Crippen LogP contribution in [0.25, 0.3) is 0 Å². The van der Waals surface area contributed by atoms with Gasteiger partial charge in [-0.05, 0) is 48.4 Å². The molecule has 0 aromatic heterocycles. The number of carbonyl (C=O) groups excluding carboxylic acids is 2. The number of esters is 1. The molecule has 1 N–H and O–H groups in total. The van der Waals surface area contributed by atoms with Gasteiger partial charge in [-0.15, -0.1) is 0 Å². The van der Waals surface area contributed by atoms with Crippen molar-refractivity contribution in [2.45, 2.75) is 12.8 Å². The van der Waals surface area contributed by atoms with Crippen molar-refractivity contribution in [3.63, 3.8) is 0 Å². The number of nitrogens with one attached hydrogen (secondary N) is 1. The van der Waals surface area contributed by atoms with E-state index in [1.54, 1.807) is 12.1 Å². The van der Waals surface area contributed by atoms with Crippen molar-refractivity contribution in [2.24, 2.45) is 0 Å². The van der Waals surface area contributed by atoms with Crippen LogP contribution in [0.2, 0.25) is 0 Å². The lowest BCUT2D eigenvalue weighted by Crippen LogP contribution is -2.36. The molecule has 0 bridgehead atoms. The number of hydrogen-bond donors (Lipinski definition) is 1. The summed E-state index contributed by atoms with van der Waals surface area (Å²) in [6.07, 6.45) is 0.566. The Bertz CT molecular complexity index is 787. The predicted molar refractivity (Wildman–Crippen MR) is 104 cm³/mol. The van der Waals surface area contributed by atoms with Crippen molar-refractivity contribution in [2.75, 3.05) is 43.1 Å². The lowest BCUT2D eigenvalue weighted by atomic mass is 10.1. The third kappa shape index (κ3) is 6.06. The first-order valence-corrected chi connectivity index (χ1v) is 9.23. The van der Waals surface area contributed by atoms with E-state index < -0.39 is 11.9 Å². The molecule has 0 radical (unpaired) electrons. The number of amides is 1. The van der Waals surface area contributed by atoms with Gasteiger partial charge in [0.15, 0.2) is 6.61 Å². The van der Waals surface area contributed by atoms with Gasteiger partial charge in [-0.25, -0.2) is 4.39 Å². The lowest BCUT2D eigenvalue weighted by Gasteiger charge is -2.28. The number of aryl methyl sites for hydroxylation is 1. The first-order valence-electron chi connectivity index (χ1n) is 9.23. The highest BCUT2D eigenvalue weighted by molar-refractivity contribution is 5.92. The van der Waals surface area contributed by atoms with E-state index in [0.717, 1.165) is 24.3 Å². The number of halogens is 1. The molecule has 3 rings (SSSR count). The molecule has 1 saturated heterocycles. The van der Waals surface area contributed by atoms with Crippen LogP contribution in [0.4, 0.5) is 15.8 Å². The van der Waals surface area contributed by atoms with Crippen LogP contribution in [0.5, 0.6) is 0 Å². The van der Waals surface area contributed by atoms with Gasteiger partial charge in [-0.3, -0.25) is 9.59 Å². The molecule has 28 heavy (non-hydrogen) atoms. The van der Waals surface area contributed by atoms with Crippen molar-refractivity contribution >= 4 is 23.3 Å². The van der Waals surface area contributed by atoms with Crippen molar-refractivity contribution in [1.82, 2.24) is 0 Å². The summed E-state index contributed by atoms with van der Waals surface area (Å²) in [4.78, 5) is 25.9. The number of ether oxygens (including phenoxy) is 2. The smallest absolute Gasteiger partial charge is 0.306 e. The fourth-order valence-electron chi connectivity index (χ4n) is 2.89. The topological polar surface area (TPSA) is 67.9 Å². The van der Waals surface area contributed by atoms with E-state index in [2.05, 4.69) is 10.2 Å². The normalized spacial score (nSPS) is 13.8. The van der Waals surface area contributed by atoms with Gasteiger partial charge in [-0.1, -0.05) is 12.1 Å². The second-order valence-electron chi connectivity index (χ2n) is 6.48. The highest BCUT2D eigenvalue weighted by Gasteiger charge is 2.12. The van der Waals surface area contributed by atoms with Crippen LogP contribution in [-0.2, 0) is 25.5 Å². The third-order valence-corrected chi connectivity index (χ3v) is 4.42. The number of nitrogens with zero attached hydrogens (tertiary/aromatic N) is 1. The molecule has 0 unspecified atom stereocenters. The van der Waals surface area contributed by atoms with Crippen molar-refractivity contribution in [1.29, 1.82) is 0 Å². The monoisotopic (exact) mass is 386 g/mol. The van der Waals surface area contributed by atoms with Gasteiger partial charge in [0.2, 0.25) is 0 Å². The maximum atomic E-state index is 12.8. The molecule has 0 saturated carbocycles. The zero-order chi connectivity index (χ0) is 19.8. The van der Waals surface area contributed by atoms with Crippen LogP contribution in [0.3, 0.4) is 0 Å². The van der Waals surface area contributed by atoms with Crippen LogP contribution < -0.4 is 10.2 Å². The van der Waals surface area contributed by atoms with E-state index in [-0.39, 0.29) is 18.8 Å². The van der Waals surface area contributed by atoms with Crippen molar-refractivity contribution < 1.29 is 23.5 Å². The molecule has 1 fully saturated rings. The largest absolute Gasteiger partial charge is 0.456 e. The summed E-state index contributed by atoms with van der Waals surface area (Å²) in [5, 5.41) is 2.71. The minimum Gasteiger partial charge on any atom is -0.456 e. The van der Waals surface area contributed by atoms with Crippen LogP contribution in [0, 0.1) is 5.82 Å². The molecule has 1 heterocycles. The average Bonchev–Trinajstić information content (AvgIpc) is 2.73. The maximum Gasteiger partial charge on any atom is 0.306 e. The lowest BCUT2D eigenvalue weighted by molar-refractivity contribution is -0.147. The van der Waals surface area contributed by atoms with Crippen molar-refractivity contribution in [3.8, 4) is 0 Å². The van der Waals surface area contributed by atoms with E-state index in [4.69, 9.17) is 9.47 Å². The predicted octanol–water partition coefficient (Wildman–Crippen LogP) is 2.78. The molecule has 1 aliphatic rings. The summed E-state index contributed by atoms with van der Waals surface area (Å²) in [6.45, 7) is 2.78. The maximum absolute atomic E-state index is 12.8. The van der Waals surface area contributed by atoms with Gasteiger partial charge in [0.1, 0.15) is 5.82 Å². The third-order valence-electron chi connectivity index (χ3n) is 4.42. The summed E-state index contributed by atoms with van der Waals surface area (Å²) in [7, 11) is 0. The number of benzene rings is 2. The van der Waals surface area contributed by atoms with E-state index in [1.165, 1.54) is 12.1 Å². The molecule has 6 nitrogen and oxygen atoms in total. The van der Waals surface area contributed by atoms with Gasteiger partial charge in [0.05, 0.1) is 13.2 Å². The molecule has 148 valence electrons.